The van der Waals surface area contributed by atoms with Gasteiger partial charge in [0, 0.05) is 18.3 Å². The number of anilines is 1. The van der Waals surface area contributed by atoms with Crippen molar-refractivity contribution in [1.29, 1.82) is 0 Å². The summed E-state index contributed by atoms with van der Waals surface area (Å²) >= 11 is 0.807. The van der Waals surface area contributed by atoms with Gasteiger partial charge in [-0.3, -0.25) is 9.59 Å². The highest BCUT2D eigenvalue weighted by molar-refractivity contribution is 8.00. The summed E-state index contributed by atoms with van der Waals surface area (Å²) in [4.78, 5) is 31.6. The second-order valence-electron chi connectivity index (χ2n) is 5.92. The van der Waals surface area contributed by atoms with Crippen LogP contribution in [0.25, 0.3) is 0 Å². The van der Waals surface area contributed by atoms with Gasteiger partial charge in [0.2, 0.25) is 5.91 Å². The fourth-order valence-corrected chi connectivity index (χ4v) is 3.71. The van der Waals surface area contributed by atoms with Gasteiger partial charge in [0.1, 0.15) is 0 Å². The lowest BCUT2D eigenvalue weighted by molar-refractivity contribution is -0.141. The van der Waals surface area contributed by atoms with Crippen molar-refractivity contribution in [1.82, 2.24) is 9.97 Å². The molecule has 1 unspecified atom stereocenters. The molecule has 26 heavy (non-hydrogen) atoms. The fraction of sp³-hybridized carbons (Fsp3) is 0.353. The third-order valence-corrected chi connectivity index (χ3v) is 4.99. The average Bonchev–Trinajstić information content (AvgIpc) is 2.59. The zero-order valence-electron chi connectivity index (χ0n) is 13.8. The minimum absolute atomic E-state index is 0.226. The highest BCUT2D eigenvalue weighted by Gasteiger charge is 2.34. The van der Waals surface area contributed by atoms with Gasteiger partial charge < -0.3 is 9.88 Å². The molecule has 1 N–H and O–H groups in total. The predicted octanol–water partition coefficient (Wildman–Crippen LogP) is 3.25. The normalized spacial score (nSPS) is 15.5. The number of aromatic nitrogens is 2. The molecule has 1 aromatic heterocycles. The molecule has 1 aliphatic rings. The molecule has 1 atom stereocenters. The molecule has 138 valence electrons. The zero-order valence-corrected chi connectivity index (χ0v) is 14.7. The number of carbonyl (C=O) groups excluding carboxylic acids is 1. The number of benzene rings is 1. The quantitative estimate of drug-likeness (QED) is 0.653. The van der Waals surface area contributed by atoms with E-state index in [2.05, 4.69) is 9.97 Å². The van der Waals surface area contributed by atoms with E-state index >= 15 is 0 Å². The summed E-state index contributed by atoms with van der Waals surface area (Å²) in [7, 11) is 0. The molecule has 9 heteroatoms. The summed E-state index contributed by atoms with van der Waals surface area (Å²) in [6.07, 6.45) is -3.02. The third kappa shape index (κ3) is 3.92. The summed E-state index contributed by atoms with van der Waals surface area (Å²) in [5.41, 5.74) is -0.291. The van der Waals surface area contributed by atoms with Crippen LogP contribution in [0.4, 0.5) is 18.9 Å². The molecule has 0 radical (unpaired) electrons. The lowest BCUT2D eigenvalue weighted by atomic mass is 10.0. The number of hydrogen-bond donors (Lipinski definition) is 1. The Kier molecular flexibility index (Phi) is 5.08. The first-order valence-corrected chi connectivity index (χ1v) is 8.88. The van der Waals surface area contributed by atoms with Gasteiger partial charge in [0.05, 0.1) is 5.25 Å². The Morgan fingerprint density at radius 2 is 2.08 bits per heavy atom. The number of rotatable bonds is 3. The largest absolute Gasteiger partial charge is 0.433 e. The molecule has 5 nitrogen and oxygen atoms in total. The Bertz CT molecular complexity index is 882. The maximum atomic E-state index is 12.8. The van der Waals surface area contributed by atoms with Crippen molar-refractivity contribution in [3.63, 3.8) is 0 Å². The number of thioether (sulfide) groups is 1. The van der Waals surface area contributed by atoms with Crippen LogP contribution in [0.5, 0.6) is 0 Å². The van der Waals surface area contributed by atoms with Gasteiger partial charge in [-0.2, -0.15) is 13.2 Å². The van der Waals surface area contributed by atoms with Gasteiger partial charge in [0.25, 0.3) is 5.56 Å². The van der Waals surface area contributed by atoms with Crippen LogP contribution in [0.15, 0.2) is 40.3 Å². The molecule has 1 aliphatic heterocycles. The number of carbonyl (C=O) groups is 1. The number of amides is 1. The lowest BCUT2D eigenvalue weighted by Crippen LogP contribution is -2.40. The molecule has 2 aromatic rings. The highest BCUT2D eigenvalue weighted by atomic mass is 32.2. The molecule has 1 aromatic carbocycles. The number of halogens is 3. The topological polar surface area (TPSA) is 66.1 Å². The molecule has 0 fully saturated rings. The minimum Gasteiger partial charge on any atom is -0.311 e. The van der Waals surface area contributed by atoms with Crippen molar-refractivity contribution in [2.24, 2.45) is 0 Å². The smallest absolute Gasteiger partial charge is 0.311 e. The number of aromatic amines is 1. The maximum Gasteiger partial charge on any atom is 0.433 e. The number of para-hydroxylation sites is 1. The number of nitrogens with zero attached hydrogens (tertiary/aromatic N) is 2. The molecule has 1 amide bonds. The van der Waals surface area contributed by atoms with Crippen molar-refractivity contribution in [2.75, 3.05) is 11.4 Å². The van der Waals surface area contributed by atoms with Crippen molar-refractivity contribution in [3.05, 3.63) is 51.9 Å². The van der Waals surface area contributed by atoms with E-state index in [0.29, 0.717) is 12.6 Å². The number of hydrogen-bond acceptors (Lipinski definition) is 4. The van der Waals surface area contributed by atoms with E-state index in [0.717, 1.165) is 35.9 Å². The number of aryl methyl sites for hydroxylation is 1. The number of H-pyrrole nitrogens is 1. The summed E-state index contributed by atoms with van der Waals surface area (Å²) in [6, 6.07) is 7.96. The highest BCUT2D eigenvalue weighted by Crippen LogP contribution is 2.31. The summed E-state index contributed by atoms with van der Waals surface area (Å²) in [5, 5.41) is -0.927. The minimum atomic E-state index is -4.72. The first kappa shape index (κ1) is 18.5. The lowest BCUT2D eigenvalue weighted by Gasteiger charge is -2.31. The van der Waals surface area contributed by atoms with Crippen molar-refractivity contribution in [3.8, 4) is 0 Å². The van der Waals surface area contributed by atoms with Crippen molar-refractivity contribution < 1.29 is 18.0 Å². The van der Waals surface area contributed by atoms with Gasteiger partial charge in [-0.25, -0.2) is 4.98 Å². The maximum absolute atomic E-state index is 12.8. The predicted molar refractivity (Wildman–Crippen MR) is 92.3 cm³/mol. The number of nitrogens with one attached hydrogen (secondary N) is 1. The molecule has 2 heterocycles. The van der Waals surface area contributed by atoms with Gasteiger partial charge in [-0.05, 0) is 31.4 Å². The molecule has 3 rings (SSSR count). The molecule has 0 saturated carbocycles. The second kappa shape index (κ2) is 7.14. The standard InChI is InChI=1S/C17H16F3N3O2S/c1-10(26-16-21-13(17(18,19)20)9-14(24)22-16)15(25)23-8-4-6-11-5-2-3-7-12(11)23/h2-3,5,7,9-10H,4,6,8H2,1H3,(H,21,22,24). The van der Waals surface area contributed by atoms with Crippen LogP contribution in [0.3, 0.4) is 0 Å². The molecular weight excluding hydrogens is 367 g/mol. The summed E-state index contributed by atoms with van der Waals surface area (Å²) < 4.78 is 38.4. The van der Waals surface area contributed by atoms with Crippen molar-refractivity contribution in [2.45, 2.75) is 36.3 Å². The summed E-state index contributed by atoms with van der Waals surface area (Å²) in [6.45, 7) is 2.14. The molecule has 0 spiro atoms. The van der Waals surface area contributed by atoms with E-state index < -0.39 is 22.7 Å². The van der Waals surface area contributed by atoms with Gasteiger partial charge in [-0.1, -0.05) is 30.0 Å². The Balaban J connectivity index is 1.81. The van der Waals surface area contributed by atoms with Crippen LogP contribution >= 0.6 is 11.8 Å². The van der Waals surface area contributed by atoms with E-state index in [9.17, 15) is 22.8 Å². The van der Waals surface area contributed by atoms with Gasteiger partial charge in [0.15, 0.2) is 10.9 Å². The van der Waals surface area contributed by atoms with Crippen LogP contribution in [0, 0.1) is 0 Å². The molecular formula is C17H16F3N3O2S. The number of fused-ring (bicyclic) bond motifs is 1. The SMILES string of the molecule is CC(Sc1nc(C(F)(F)F)cc(=O)[nH]1)C(=O)N1CCCc2ccccc21. The Hall–Kier alpha value is -2.29. The summed E-state index contributed by atoms with van der Waals surface area (Å²) in [5.74, 6) is -0.234. The van der Waals surface area contributed by atoms with E-state index in [4.69, 9.17) is 0 Å². The molecule has 0 saturated heterocycles. The third-order valence-electron chi connectivity index (χ3n) is 4.02. The zero-order chi connectivity index (χ0) is 18.9. The van der Waals surface area contributed by atoms with E-state index in [1.54, 1.807) is 11.8 Å². The molecule has 0 bridgehead atoms. The Labute approximate surface area is 151 Å². The monoisotopic (exact) mass is 383 g/mol. The van der Waals surface area contributed by atoms with Crippen LogP contribution in [-0.4, -0.2) is 27.7 Å². The number of alkyl halides is 3. The fourth-order valence-electron chi connectivity index (χ4n) is 2.84. The van der Waals surface area contributed by atoms with Crippen LogP contribution in [0.2, 0.25) is 0 Å². The van der Waals surface area contributed by atoms with Gasteiger partial charge >= 0.3 is 6.18 Å². The van der Waals surface area contributed by atoms with Gasteiger partial charge in [-0.15, -0.1) is 0 Å². The Morgan fingerprint density at radius 3 is 2.81 bits per heavy atom. The second-order valence-corrected chi connectivity index (χ2v) is 7.25. The van der Waals surface area contributed by atoms with Crippen molar-refractivity contribution >= 4 is 23.4 Å². The van der Waals surface area contributed by atoms with E-state index in [1.165, 1.54) is 0 Å². The van der Waals surface area contributed by atoms with Crippen LogP contribution < -0.4 is 10.5 Å². The average molecular weight is 383 g/mol. The van der Waals surface area contributed by atoms with E-state index in [1.807, 2.05) is 24.3 Å². The first-order valence-electron chi connectivity index (χ1n) is 8.00. The first-order chi connectivity index (χ1) is 12.3. The van der Waals surface area contributed by atoms with E-state index in [-0.39, 0.29) is 11.1 Å². The molecule has 0 aliphatic carbocycles. The van der Waals surface area contributed by atoms with Crippen LogP contribution in [-0.2, 0) is 17.4 Å². The Morgan fingerprint density at radius 1 is 1.35 bits per heavy atom. The van der Waals surface area contributed by atoms with Crippen LogP contribution in [0.1, 0.15) is 24.6 Å².